The predicted molar refractivity (Wildman–Crippen MR) is 76.3 cm³/mol. The normalized spacial score (nSPS) is 15.0. The molecule has 3 rings (SSSR count). The Morgan fingerprint density at radius 2 is 2.00 bits per heavy atom. The molecule has 1 aliphatic heterocycles. The van der Waals surface area contributed by atoms with Crippen LogP contribution in [0.2, 0.25) is 0 Å². The molecule has 1 fully saturated rings. The fraction of sp³-hybridized carbons (Fsp3) is 0.357. The first-order valence-corrected chi connectivity index (χ1v) is 6.91. The van der Waals surface area contributed by atoms with Gasteiger partial charge in [0.25, 0.3) is 5.91 Å². The molecule has 7 nitrogen and oxygen atoms in total. The Bertz CT molecular complexity index is 576. The average Bonchev–Trinajstić information content (AvgIpc) is 3.08. The van der Waals surface area contributed by atoms with Crippen LogP contribution in [0.15, 0.2) is 36.7 Å². The fourth-order valence-electron chi connectivity index (χ4n) is 2.19. The number of nitrogens with one attached hydrogen (secondary N) is 1. The van der Waals surface area contributed by atoms with Crippen LogP contribution in [-0.2, 0) is 4.79 Å². The minimum atomic E-state index is 0.0249. The molecule has 1 amide bonds. The second-order valence-corrected chi connectivity index (χ2v) is 4.76. The lowest BCUT2D eigenvalue weighted by Crippen LogP contribution is -2.47. The highest BCUT2D eigenvalue weighted by molar-refractivity contribution is 5.77. The van der Waals surface area contributed by atoms with E-state index in [0.717, 1.165) is 31.9 Å². The van der Waals surface area contributed by atoms with Gasteiger partial charge in [0.15, 0.2) is 6.61 Å². The molecule has 0 spiro atoms. The number of aromatic nitrogens is 3. The van der Waals surface area contributed by atoms with Crippen LogP contribution in [0.3, 0.4) is 0 Å². The summed E-state index contributed by atoms with van der Waals surface area (Å²) in [5.41, 5.74) is 0.897. The molecule has 0 unspecified atom stereocenters. The molecular weight excluding hydrogens is 270 g/mol. The standard InChI is InChI=1S/C14H17N5O2/c20-14(18-8-5-15-6-9-18)11-21-13-3-1-12(2-4-13)19-10-7-16-17-19/h1-4,7,10,15H,5-6,8-9,11H2. The van der Waals surface area contributed by atoms with E-state index >= 15 is 0 Å². The molecule has 0 saturated carbocycles. The maximum Gasteiger partial charge on any atom is 0.260 e. The van der Waals surface area contributed by atoms with Gasteiger partial charge in [-0.2, -0.15) is 0 Å². The van der Waals surface area contributed by atoms with Gasteiger partial charge >= 0.3 is 0 Å². The monoisotopic (exact) mass is 287 g/mol. The van der Waals surface area contributed by atoms with Gasteiger partial charge in [0.2, 0.25) is 0 Å². The van der Waals surface area contributed by atoms with Gasteiger partial charge < -0.3 is 15.0 Å². The van der Waals surface area contributed by atoms with Crippen molar-refractivity contribution in [3.05, 3.63) is 36.7 Å². The van der Waals surface area contributed by atoms with Crippen LogP contribution in [0, 0.1) is 0 Å². The lowest BCUT2D eigenvalue weighted by molar-refractivity contribution is -0.133. The van der Waals surface area contributed by atoms with Crippen LogP contribution in [0.5, 0.6) is 5.75 Å². The highest BCUT2D eigenvalue weighted by Crippen LogP contribution is 2.14. The van der Waals surface area contributed by atoms with Gasteiger partial charge in [-0.15, -0.1) is 5.10 Å². The van der Waals surface area contributed by atoms with Gasteiger partial charge in [0.05, 0.1) is 18.1 Å². The molecule has 1 aliphatic rings. The first-order chi connectivity index (χ1) is 10.3. The van der Waals surface area contributed by atoms with E-state index < -0.39 is 0 Å². The molecule has 1 aromatic heterocycles. The highest BCUT2D eigenvalue weighted by Gasteiger charge is 2.16. The van der Waals surface area contributed by atoms with Gasteiger partial charge in [-0.25, -0.2) is 4.68 Å². The molecule has 2 aromatic rings. The number of nitrogens with zero attached hydrogens (tertiary/aromatic N) is 4. The summed E-state index contributed by atoms with van der Waals surface area (Å²) in [6, 6.07) is 7.39. The number of amides is 1. The third-order valence-corrected chi connectivity index (χ3v) is 3.36. The minimum absolute atomic E-state index is 0.0249. The molecule has 7 heteroatoms. The quantitative estimate of drug-likeness (QED) is 0.862. The average molecular weight is 287 g/mol. The van der Waals surface area contributed by atoms with Crippen molar-refractivity contribution in [2.75, 3.05) is 32.8 Å². The maximum atomic E-state index is 12.0. The van der Waals surface area contributed by atoms with Crippen molar-refractivity contribution in [2.24, 2.45) is 0 Å². The summed E-state index contributed by atoms with van der Waals surface area (Å²) in [5.74, 6) is 0.694. The lowest BCUT2D eigenvalue weighted by Gasteiger charge is -2.27. The summed E-state index contributed by atoms with van der Waals surface area (Å²) in [5, 5.41) is 10.9. The van der Waals surface area contributed by atoms with E-state index in [-0.39, 0.29) is 12.5 Å². The summed E-state index contributed by atoms with van der Waals surface area (Å²) in [4.78, 5) is 13.8. The van der Waals surface area contributed by atoms with Crippen molar-refractivity contribution in [1.82, 2.24) is 25.2 Å². The molecule has 2 heterocycles. The molecule has 1 N–H and O–H groups in total. The van der Waals surface area contributed by atoms with Gasteiger partial charge in [-0.05, 0) is 24.3 Å². The van der Waals surface area contributed by atoms with Gasteiger partial charge in [0, 0.05) is 26.2 Å². The van der Waals surface area contributed by atoms with Crippen molar-refractivity contribution in [2.45, 2.75) is 0 Å². The Labute approximate surface area is 122 Å². The molecule has 0 radical (unpaired) electrons. The zero-order chi connectivity index (χ0) is 14.5. The van der Waals surface area contributed by atoms with Gasteiger partial charge in [0.1, 0.15) is 5.75 Å². The van der Waals surface area contributed by atoms with E-state index in [4.69, 9.17) is 4.74 Å². The Morgan fingerprint density at radius 1 is 1.24 bits per heavy atom. The molecule has 1 aromatic carbocycles. The topological polar surface area (TPSA) is 72.3 Å². The Balaban J connectivity index is 1.54. The number of carbonyl (C=O) groups excluding carboxylic acids is 1. The second kappa shape index (κ2) is 6.36. The highest BCUT2D eigenvalue weighted by atomic mass is 16.5. The Kier molecular flexibility index (Phi) is 4.11. The van der Waals surface area contributed by atoms with Gasteiger partial charge in [-0.3, -0.25) is 4.79 Å². The number of hydrogen-bond acceptors (Lipinski definition) is 5. The van der Waals surface area contributed by atoms with E-state index in [1.165, 1.54) is 0 Å². The third kappa shape index (κ3) is 3.38. The van der Waals surface area contributed by atoms with Crippen LogP contribution < -0.4 is 10.1 Å². The molecule has 21 heavy (non-hydrogen) atoms. The Hall–Kier alpha value is -2.41. The number of hydrogen-bond donors (Lipinski definition) is 1. The summed E-state index contributed by atoms with van der Waals surface area (Å²) in [7, 11) is 0. The smallest absolute Gasteiger partial charge is 0.260 e. The fourth-order valence-corrected chi connectivity index (χ4v) is 2.19. The first kappa shape index (κ1) is 13.6. The zero-order valence-corrected chi connectivity index (χ0v) is 11.6. The van der Waals surface area contributed by atoms with Crippen molar-refractivity contribution < 1.29 is 9.53 Å². The van der Waals surface area contributed by atoms with Crippen LogP contribution in [0.4, 0.5) is 0 Å². The summed E-state index contributed by atoms with van der Waals surface area (Å²) >= 11 is 0. The van der Waals surface area contributed by atoms with E-state index in [2.05, 4.69) is 15.6 Å². The number of carbonyl (C=O) groups is 1. The minimum Gasteiger partial charge on any atom is -0.484 e. The summed E-state index contributed by atoms with van der Waals surface area (Å²) < 4.78 is 7.20. The summed E-state index contributed by atoms with van der Waals surface area (Å²) in [6.45, 7) is 3.25. The molecule has 0 bridgehead atoms. The largest absolute Gasteiger partial charge is 0.484 e. The van der Waals surface area contributed by atoms with Crippen LogP contribution in [0.25, 0.3) is 5.69 Å². The van der Waals surface area contributed by atoms with E-state index in [9.17, 15) is 4.79 Å². The van der Waals surface area contributed by atoms with Crippen LogP contribution in [0.1, 0.15) is 0 Å². The zero-order valence-electron chi connectivity index (χ0n) is 11.6. The molecule has 0 atom stereocenters. The van der Waals surface area contributed by atoms with Crippen molar-refractivity contribution >= 4 is 5.91 Å². The van der Waals surface area contributed by atoms with E-state index in [0.29, 0.717) is 5.75 Å². The van der Waals surface area contributed by atoms with Gasteiger partial charge in [-0.1, -0.05) is 5.21 Å². The molecule has 1 saturated heterocycles. The van der Waals surface area contributed by atoms with Crippen LogP contribution in [-0.4, -0.2) is 58.6 Å². The predicted octanol–water partition coefficient (Wildman–Crippen LogP) is 0.0779. The van der Waals surface area contributed by atoms with E-state index in [1.54, 1.807) is 17.1 Å². The molecular formula is C14H17N5O2. The van der Waals surface area contributed by atoms with Crippen molar-refractivity contribution in [3.8, 4) is 11.4 Å². The Morgan fingerprint density at radius 3 is 2.67 bits per heavy atom. The molecule has 0 aliphatic carbocycles. The van der Waals surface area contributed by atoms with Crippen molar-refractivity contribution in [1.29, 1.82) is 0 Å². The number of ether oxygens (including phenoxy) is 1. The SMILES string of the molecule is O=C(COc1ccc(-n2ccnn2)cc1)N1CCNCC1. The maximum absolute atomic E-state index is 12.0. The number of piperazine rings is 1. The van der Waals surface area contributed by atoms with Crippen LogP contribution >= 0.6 is 0 Å². The van der Waals surface area contributed by atoms with Crippen molar-refractivity contribution in [3.63, 3.8) is 0 Å². The number of rotatable bonds is 4. The first-order valence-electron chi connectivity index (χ1n) is 6.91. The lowest BCUT2D eigenvalue weighted by atomic mass is 10.3. The molecule has 110 valence electrons. The van der Waals surface area contributed by atoms with E-state index in [1.807, 2.05) is 29.2 Å². The summed E-state index contributed by atoms with van der Waals surface area (Å²) in [6.07, 6.45) is 3.39. The third-order valence-electron chi connectivity index (χ3n) is 3.36. The number of benzene rings is 1. The second-order valence-electron chi connectivity index (χ2n) is 4.76.